The third kappa shape index (κ3) is 2.87. The van der Waals surface area contributed by atoms with Crippen molar-refractivity contribution in [3.05, 3.63) is 46.9 Å². The number of hydrogen-bond donors (Lipinski definition) is 1. The lowest BCUT2D eigenvalue weighted by Crippen LogP contribution is -2.43. The van der Waals surface area contributed by atoms with Gasteiger partial charge in [-0.15, -0.1) is 0 Å². The summed E-state index contributed by atoms with van der Waals surface area (Å²) in [6, 6.07) is 5.62. The minimum absolute atomic E-state index is 0.0520. The monoisotopic (exact) mass is 379 g/mol. The van der Waals surface area contributed by atoms with Gasteiger partial charge in [0.25, 0.3) is 0 Å². The zero-order valence-electron chi connectivity index (χ0n) is 14.7. The Morgan fingerprint density at radius 2 is 1.85 bits per heavy atom. The molecule has 4 rings (SSSR count). The summed E-state index contributed by atoms with van der Waals surface area (Å²) in [7, 11) is 0. The maximum atomic E-state index is 14.6. The molecule has 0 amide bonds. The lowest BCUT2D eigenvalue weighted by molar-refractivity contribution is -0.142. The van der Waals surface area contributed by atoms with E-state index >= 15 is 0 Å². The summed E-state index contributed by atoms with van der Waals surface area (Å²) < 4.78 is 55.2. The summed E-state index contributed by atoms with van der Waals surface area (Å²) in [4.78, 5) is 17.2. The van der Waals surface area contributed by atoms with E-state index in [4.69, 9.17) is 0 Å². The number of ketones is 1. The van der Waals surface area contributed by atoms with Crippen LogP contribution in [0.4, 0.5) is 23.4 Å². The van der Waals surface area contributed by atoms with Crippen LogP contribution in [-0.4, -0.2) is 21.7 Å². The molecule has 142 valence electrons. The average Bonchev–Trinajstić information content (AvgIpc) is 2.96. The highest BCUT2D eigenvalue weighted by molar-refractivity contribution is 6.11. The van der Waals surface area contributed by atoms with Crippen LogP contribution in [0.5, 0.6) is 0 Å². The summed E-state index contributed by atoms with van der Waals surface area (Å²) in [5.41, 5.74) is -1.17. The van der Waals surface area contributed by atoms with Gasteiger partial charge in [-0.1, -0.05) is 32.0 Å². The normalized spacial score (nSPS) is 24.2. The van der Waals surface area contributed by atoms with E-state index in [1.54, 1.807) is 6.07 Å². The van der Waals surface area contributed by atoms with Crippen molar-refractivity contribution in [1.29, 1.82) is 0 Å². The van der Waals surface area contributed by atoms with Crippen molar-refractivity contribution < 1.29 is 22.4 Å². The Labute approximate surface area is 152 Å². The van der Waals surface area contributed by atoms with E-state index in [0.717, 1.165) is 0 Å². The number of rotatable bonds is 1. The van der Waals surface area contributed by atoms with Gasteiger partial charge in [-0.3, -0.25) is 9.89 Å². The second-order valence-corrected chi connectivity index (χ2v) is 7.90. The first-order valence-corrected chi connectivity index (χ1v) is 8.58. The molecule has 0 bridgehead atoms. The fourth-order valence-corrected chi connectivity index (χ4v) is 4.22. The second-order valence-electron chi connectivity index (χ2n) is 7.90. The van der Waals surface area contributed by atoms with Gasteiger partial charge in [0.1, 0.15) is 17.3 Å². The molecule has 1 aliphatic heterocycles. The first-order valence-electron chi connectivity index (χ1n) is 8.58. The number of carbonyl (C=O) groups excluding carboxylic acids is 1. The maximum Gasteiger partial charge on any atom is 0.433 e. The first kappa shape index (κ1) is 17.9. The van der Waals surface area contributed by atoms with Gasteiger partial charge in [-0.05, 0) is 23.5 Å². The maximum absolute atomic E-state index is 14.6. The van der Waals surface area contributed by atoms with E-state index in [-0.39, 0.29) is 34.6 Å². The molecule has 1 aromatic carbocycles. The lowest BCUT2D eigenvalue weighted by Gasteiger charge is -2.40. The number of carbonyl (C=O) groups is 1. The Kier molecular flexibility index (Phi) is 3.80. The topological polar surface area (TPSA) is 58.1 Å². The quantitative estimate of drug-likeness (QED) is 0.724. The molecule has 27 heavy (non-hydrogen) atoms. The number of aromatic nitrogens is 2. The molecule has 2 unspecified atom stereocenters. The lowest BCUT2D eigenvalue weighted by atomic mass is 9.63. The largest absolute Gasteiger partial charge is 0.433 e. The highest BCUT2D eigenvalue weighted by atomic mass is 19.4. The number of aliphatic imine (C=N–C) groups is 1. The third-order valence-corrected chi connectivity index (χ3v) is 5.22. The highest BCUT2D eigenvalue weighted by Gasteiger charge is 2.50. The van der Waals surface area contributed by atoms with Crippen LogP contribution in [0.25, 0.3) is 0 Å². The summed E-state index contributed by atoms with van der Waals surface area (Å²) in [5, 5.41) is 5.73. The molecule has 1 aromatic heterocycles. The smallest absolute Gasteiger partial charge is 0.299 e. The second kappa shape index (κ2) is 5.74. The zero-order valence-corrected chi connectivity index (χ0v) is 14.7. The van der Waals surface area contributed by atoms with Gasteiger partial charge >= 0.3 is 6.18 Å². The molecule has 0 radical (unpaired) electrons. The Balaban J connectivity index is 1.99. The van der Waals surface area contributed by atoms with Crippen LogP contribution in [0.3, 0.4) is 0 Å². The van der Waals surface area contributed by atoms with Crippen molar-refractivity contribution in [2.45, 2.75) is 38.8 Å². The number of hydrogen-bond acceptors (Lipinski definition) is 3. The van der Waals surface area contributed by atoms with Crippen molar-refractivity contribution >= 4 is 17.3 Å². The molecule has 2 atom stereocenters. The number of Topliss-reactive ketones (excluding diaryl/α,β-unsaturated/α-hetero) is 1. The van der Waals surface area contributed by atoms with E-state index in [1.165, 1.54) is 18.2 Å². The molecular weight excluding hydrogens is 362 g/mol. The number of nitrogens with one attached hydrogen (secondary N) is 1. The minimum Gasteiger partial charge on any atom is -0.299 e. The first-order chi connectivity index (χ1) is 12.6. The van der Waals surface area contributed by atoms with Gasteiger partial charge < -0.3 is 0 Å². The summed E-state index contributed by atoms with van der Waals surface area (Å²) >= 11 is 0. The molecule has 8 heteroatoms. The highest BCUT2D eigenvalue weighted by Crippen LogP contribution is 2.51. The number of fused-ring (bicyclic) bond motifs is 2. The van der Waals surface area contributed by atoms with Gasteiger partial charge in [0, 0.05) is 23.6 Å². The van der Waals surface area contributed by atoms with Crippen LogP contribution in [0.1, 0.15) is 49.4 Å². The Morgan fingerprint density at radius 3 is 2.52 bits per heavy atom. The van der Waals surface area contributed by atoms with Gasteiger partial charge in [-0.2, -0.15) is 18.3 Å². The minimum atomic E-state index is -4.71. The van der Waals surface area contributed by atoms with Crippen molar-refractivity contribution in [3.8, 4) is 0 Å². The Hall–Kier alpha value is -2.51. The van der Waals surface area contributed by atoms with Crippen LogP contribution in [0, 0.1) is 17.2 Å². The van der Waals surface area contributed by atoms with E-state index < -0.39 is 29.5 Å². The van der Waals surface area contributed by atoms with Gasteiger partial charge in [-0.25, -0.2) is 9.38 Å². The van der Waals surface area contributed by atoms with Crippen molar-refractivity contribution in [1.82, 2.24) is 10.2 Å². The molecule has 1 saturated carbocycles. The number of benzene rings is 1. The van der Waals surface area contributed by atoms with E-state index in [1.807, 2.05) is 18.9 Å². The van der Waals surface area contributed by atoms with Crippen LogP contribution in [0.15, 0.2) is 29.3 Å². The summed E-state index contributed by atoms with van der Waals surface area (Å²) in [6.45, 7) is 3.81. The number of alkyl halides is 3. The van der Waals surface area contributed by atoms with Crippen molar-refractivity contribution in [2.24, 2.45) is 16.3 Å². The number of aromatic amines is 1. The molecule has 4 nitrogen and oxygen atoms in total. The molecular formula is C19H17F4N3O. The van der Waals surface area contributed by atoms with Crippen LogP contribution in [0.2, 0.25) is 0 Å². The fourth-order valence-electron chi connectivity index (χ4n) is 4.22. The van der Waals surface area contributed by atoms with E-state index in [2.05, 4.69) is 10.1 Å². The molecule has 2 aromatic rings. The molecule has 1 fully saturated rings. The van der Waals surface area contributed by atoms with Crippen LogP contribution >= 0.6 is 0 Å². The SMILES string of the molecule is CC1(C)CC(=O)C2C(=Nc3n[nH]c(C(F)(F)F)c3C2c2ccccc2F)C1. The predicted octanol–water partition coefficient (Wildman–Crippen LogP) is 4.79. The standard InChI is InChI=1S/C19H17F4N3O/c1-18(2)7-11-14(12(27)8-18)13(9-5-3-4-6-10(9)20)15-16(19(21,22)23)25-26-17(15)24-11/h3-6,13-14H,7-8H2,1-2H3,(H,25,26). The third-order valence-electron chi connectivity index (χ3n) is 5.22. The van der Waals surface area contributed by atoms with Crippen molar-refractivity contribution in [3.63, 3.8) is 0 Å². The molecule has 0 spiro atoms. The van der Waals surface area contributed by atoms with E-state index in [0.29, 0.717) is 12.1 Å². The van der Waals surface area contributed by atoms with Crippen LogP contribution in [-0.2, 0) is 11.0 Å². The summed E-state index contributed by atoms with van der Waals surface area (Å²) in [5.74, 6) is -3.01. The van der Waals surface area contributed by atoms with Gasteiger partial charge in [0.2, 0.25) is 0 Å². The van der Waals surface area contributed by atoms with Gasteiger partial charge in [0.05, 0.1) is 5.92 Å². The zero-order chi connectivity index (χ0) is 19.6. The van der Waals surface area contributed by atoms with E-state index in [9.17, 15) is 22.4 Å². The number of nitrogens with zero attached hydrogens (tertiary/aromatic N) is 2. The molecule has 1 N–H and O–H groups in total. The van der Waals surface area contributed by atoms with Crippen LogP contribution < -0.4 is 0 Å². The predicted molar refractivity (Wildman–Crippen MR) is 90.4 cm³/mol. The number of halogens is 4. The molecule has 2 heterocycles. The Bertz CT molecular complexity index is 958. The Morgan fingerprint density at radius 1 is 1.15 bits per heavy atom. The molecule has 1 aliphatic carbocycles. The molecule has 2 aliphatic rings. The fraction of sp³-hybridized carbons (Fsp3) is 0.421. The molecule has 0 saturated heterocycles. The average molecular weight is 379 g/mol. The summed E-state index contributed by atoms with van der Waals surface area (Å²) in [6.07, 6.45) is -4.06. The number of H-pyrrole nitrogens is 1. The van der Waals surface area contributed by atoms with Gasteiger partial charge in [0.15, 0.2) is 5.82 Å². The van der Waals surface area contributed by atoms with Crippen molar-refractivity contribution in [2.75, 3.05) is 0 Å².